The maximum Gasteiger partial charge on any atom is 0.257 e. The number of aromatic nitrogens is 2. The van der Waals surface area contributed by atoms with Gasteiger partial charge in [-0.3, -0.25) is 4.79 Å². The van der Waals surface area contributed by atoms with E-state index in [2.05, 4.69) is 34.3 Å². The van der Waals surface area contributed by atoms with Crippen LogP contribution >= 0.6 is 12.4 Å². The monoisotopic (exact) mass is 410 g/mol. The zero-order valence-electron chi connectivity index (χ0n) is 16.9. The first-order valence-electron chi connectivity index (χ1n) is 10.0. The number of carbonyl (C=O) groups is 1. The molecule has 152 valence electrons. The van der Waals surface area contributed by atoms with Crippen molar-refractivity contribution < 1.29 is 4.79 Å². The number of rotatable bonds is 3. The standard InChI is InChI=1S/C23H26N4O.ClH/c1-16-7-10-18(11-8-16)26-21-19-12-9-17(2)25-22(19)24-15-20(21)23(28)27-13-5-3-4-6-14-27;/h7-12,15H,3-6,13-14H2,1-2H3,(H,24,25,26);1H. The average Bonchev–Trinajstić information content (AvgIpc) is 2.99. The second-order valence-electron chi connectivity index (χ2n) is 7.57. The number of nitrogens with zero attached hydrogens (tertiary/aromatic N) is 3. The molecule has 1 aromatic carbocycles. The molecule has 0 aliphatic carbocycles. The van der Waals surface area contributed by atoms with E-state index in [9.17, 15) is 4.79 Å². The fraction of sp³-hybridized carbons (Fsp3) is 0.348. The van der Waals surface area contributed by atoms with Crippen LogP contribution in [0, 0.1) is 13.8 Å². The first-order chi connectivity index (χ1) is 13.6. The largest absolute Gasteiger partial charge is 0.354 e. The average molecular weight is 411 g/mol. The van der Waals surface area contributed by atoms with Gasteiger partial charge in [0.1, 0.15) is 0 Å². The smallest absolute Gasteiger partial charge is 0.257 e. The van der Waals surface area contributed by atoms with Crippen LogP contribution in [0.3, 0.4) is 0 Å². The van der Waals surface area contributed by atoms with Gasteiger partial charge >= 0.3 is 0 Å². The number of anilines is 2. The van der Waals surface area contributed by atoms with Crippen LogP contribution in [0.15, 0.2) is 42.6 Å². The van der Waals surface area contributed by atoms with E-state index in [-0.39, 0.29) is 18.3 Å². The predicted octanol–water partition coefficient (Wildman–Crippen LogP) is 5.43. The van der Waals surface area contributed by atoms with Crippen LogP contribution in [-0.2, 0) is 0 Å². The van der Waals surface area contributed by atoms with Crippen molar-refractivity contribution in [2.75, 3.05) is 18.4 Å². The lowest BCUT2D eigenvalue weighted by atomic mass is 10.1. The Hall–Kier alpha value is -2.66. The van der Waals surface area contributed by atoms with Gasteiger partial charge in [-0.15, -0.1) is 12.4 Å². The van der Waals surface area contributed by atoms with E-state index in [1.54, 1.807) is 6.20 Å². The molecule has 1 fully saturated rings. The summed E-state index contributed by atoms with van der Waals surface area (Å²) in [4.78, 5) is 24.4. The zero-order valence-corrected chi connectivity index (χ0v) is 17.8. The molecular formula is C23H27ClN4O. The number of fused-ring (bicyclic) bond motifs is 1. The summed E-state index contributed by atoms with van der Waals surface area (Å²) in [5, 5.41) is 4.34. The van der Waals surface area contributed by atoms with Gasteiger partial charge in [-0.25, -0.2) is 9.97 Å². The summed E-state index contributed by atoms with van der Waals surface area (Å²) in [6.07, 6.45) is 6.19. The molecule has 6 heteroatoms. The summed E-state index contributed by atoms with van der Waals surface area (Å²) < 4.78 is 0. The molecule has 4 rings (SSSR count). The summed E-state index contributed by atoms with van der Waals surface area (Å²) in [6, 6.07) is 12.1. The third-order valence-corrected chi connectivity index (χ3v) is 5.31. The quantitative estimate of drug-likeness (QED) is 0.625. The Kier molecular flexibility index (Phi) is 6.70. The highest BCUT2D eigenvalue weighted by atomic mass is 35.5. The van der Waals surface area contributed by atoms with E-state index in [1.165, 1.54) is 18.4 Å². The molecule has 0 saturated carbocycles. The van der Waals surface area contributed by atoms with E-state index in [4.69, 9.17) is 0 Å². The molecule has 0 unspecified atom stereocenters. The lowest BCUT2D eigenvalue weighted by molar-refractivity contribution is 0.0762. The first-order valence-corrected chi connectivity index (χ1v) is 10.0. The Morgan fingerprint density at radius 3 is 2.34 bits per heavy atom. The number of pyridine rings is 2. The Bertz CT molecular complexity index is 996. The van der Waals surface area contributed by atoms with Crippen LogP contribution in [0.2, 0.25) is 0 Å². The minimum Gasteiger partial charge on any atom is -0.354 e. The number of halogens is 1. The number of nitrogens with one attached hydrogen (secondary N) is 1. The molecule has 1 amide bonds. The van der Waals surface area contributed by atoms with Crippen LogP contribution < -0.4 is 5.32 Å². The number of likely N-dealkylation sites (tertiary alicyclic amines) is 1. The molecule has 2 aromatic heterocycles. The normalized spacial score (nSPS) is 14.2. The van der Waals surface area contributed by atoms with Crippen LogP contribution in [0.5, 0.6) is 0 Å². The van der Waals surface area contributed by atoms with Crippen molar-refractivity contribution in [3.8, 4) is 0 Å². The first kappa shape index (κ1) is 21.1. The van der Waals surface area contributed by atoms with Gasteiger partial charge in [-0.05, 0) is 51.0 Å². The van der Waals surface area contributed by atoms with E-state index in [0.29, 0.717) is 11.2 Å². The number of hydrogen-bond donors (Lipinski definition) is 1. The molecule has 1 N–H and O–H groups in total. The fourth-order valence-corrected chi connectivity index (χ4v) is 3.69. The maximum atomic E-state index is 13.4. The number of carbonyl (C=O) groups excluding carboxylic acids is 1. The SMILES string of the molecule is Cc1ccc(Nc2c(C(=O)N3CCCCCC3)cnc3nc(C)ccc23)cc1.Cl. The molecule has 1 aliphatic heterocycles. The Labute approximate surface area is 178 Å². The van der Waals surface area contributed by atoms with Crippen LogP contribution in [0.4, 0.5) is 11.4 Å². The van der Waals surface area contributed by atoms with Crippen molar-refractivity contribution in [2.45, 2.75) is 39.5 Å². The molecule has 3 heterocycles. The van der Waals surface area contributed by atoms with Gasteiger partial charge in [0.2, 0.25) is 0 Å². The van der Waals surface area contributed by atoms with Crippen molar-refractivity contribution >= 4 is 40.7 Å². The second kappa shape index (κ2) is 9.23. The molecule has 1 aliphatic rings. The van der Waals surface area contributed by atoms with E-state index < -0.39 is 0 Å². The summed E-state index contributed by atoms with van der Waals surface area (Å²) in [5.41, 5.74) is 5.11. The van der Waals surface area contributed by atoms with Gasteiger partial charge < -0.3 is 10.2 Å². The molecule has 0 radical (unpaired) electrons. The maximum absolute atomic E-state index is 13.4. The molecule has 29 heavy (non-hydrogen) atoms. The lowest BCUT2D eigenvalue weighted by Gasteiger charge is -2.22. The lowest BCUT2D eigenvalue weighted by Crippen LogP contribution is -2.32. The van der Waals surface area contributed by atoms with Gasteiger partial charge in [0.15, 0.2) is 5.65 Å². The molecular weight excluding hydrogens is 384 g/mol. The van der Waals surface area contributed by atoms with Crippen LogP contribution in [0.1, 0.15) is 47.3 Å². The third-order valence-electron chi connectivity index (χ3n) is 5.31. The summed E-state index contributed by atoms with van der Waals surface area (Å²) in [6.45, 7) is 5.64. The predicted molar refractivity (Wildman–Crippen MR) is 120 cm³/mol. The highest BCUT2D eigenvalue weighted by Crippen LogP contribution is 2.30. The third kappa shape index (κ3) is 4.67. The fourth-order valence-electron chi connectivity index (χ4n) is 3.69. The van der Waals surface area contributed by atoms with E-state index in [0.717, 1.165) is 48.4 Å². The van der Waals surface area contributed by atoms with Gasteiger partial charge in [0.25, 0.3) is 5.91 Å². The van der Waals surface area contributed by atoms with Crippen molar-refractivity contribution in [1.29, 1.82) is 0 Å². The molecule has 0 atom stereocenters. The van der Waals surface area contributed by atoms with Crippen molar-refractivity contribution in [2.24, 2.45) is 0 Å². The minimum atomic E-state index is 0. The zero-order chi connectivity index (χ0) is 19.5. The van der Waals surface area contributed by atoms with Gasteiger partial charge in [0.05, 0.1) is 11.3 Å². The molecule has 5 nitrogen and oxygen atoms in total. The van der Waals surface area contributed by atoms with Gasteiger partial charge in [-0.1, -0.05) is 30.5 Å². The number of amides is 1. The molecule has 3 aromatic rings. The summed E-state index contributed by atoms with van der Waals surface area (Å²) in [5.74, 6) is 0.0477. The Morgan fingerprint density at radius 2 is 1.66 bits per heavy atom. The number of hydrogen-bond acceptors (Lipinski definition) is 4. The topological polar surface area (TPSA) is 58.1 Å². The highest BCUT2D eigenvalue weighted by molar-refractivity contribution is 6.07. The second-order valence-corrected chi connectivity index (χ2v) is 7.57. The number of benzene rings is 1. The minimum absolute atomic E-state index is 0. The Balaban J connectivity index is 0.00000240. The van der Waals surface area contributed by atoms with Crippen LogP contribution in [-0.4, -0.2) is 33.9 Å². The van der Waals surface area contributed by atoms with E-state index in [1.807, 2.05) is 36.1 Å². The highest BCUT2D eigenvalue weighted by Gasteiger charge is 2.22. The van der Waals surface area contributed by atoms with Gasteiger partial charge in [-0.2, -0.15) is 0 Å². The van der Waals surface area contributed by atoms with Crippen molar-refractivity contribution in [1.82, 2.24) is 14.9 Å². The molecule has 0 bridgehead atoms. The summed E-state index contributed by atoms with van der Waals surface area (Å²) >= 11 is 0. The van der Waals surface area contributed by atoms with Crippen LogP contribution in [0.25, 0.3) is 11.0 Å². The van der Waals surface area contributed by atoms with Crippen molar-refractivity contribution in [3.05, 3.63) is 59.4 Å². The molecule has 1 saturated heterocycles. The Morgan fingerprint density at radius 1 is 0.966 bits per heavy atom. The van der Waals surface area contributed by atoms with Crippen molar-refractivity contribution in [3.63, 3.8) is 0 Å². The van der Waals surface area contributed by atoms with Gasteiger partial charge in [0, 0.05) is 36.1 Å². The summed E-state index contributed by atoms with van der Waals surface area (Å²) in [7, 11) is 0. The van der Waals surface area contributed by atoms with E-state index >= 15 is 0 Å². The molecule has 0 spiro atoms. The number of aryl methyl sites for hydroxylation is 2.